The fraction of sp³-hybridized carbons (Fsp3) is 0.217. The third-order valence-electron chi connectivity index (χ3n) is 4.90. The minimum absolute atomic E-state index is 0.779. The van der Waals surface area contributed by atoms with Crippen molar-refractivity contribution >= 4 is 17.1 Å². The summed E-state index contributed by atoms with van der Waals surface area (Å²) in [5, 5.41) is 0. The summed E-state index contributed by atoms with van der Waals surface area (Å²) in [4.78, 5) is 0. The van der Waals surface area contributed by atoms with Crippen LogP contribution in [-0.4, -0.2) is 0 Å². The predicted octanol–water partition coefficient (Wildman–Crippen LogP) is 4.49. The molecule has 0 saturated heterocycles. The van der Waals surface area contributed by atoms with Gasteiger partial charge < -0.3 is 17.2 Å². The van der Waals surface area contributed by atoms with Crippen LogP contribution in [-0.2, 0) is 19.3 Å². The van der Waals surface area contributed by atoms with Crippen LogP contribution in [0.3, 0.4) is 0 Å². The summed E-state index contributed by atoms with van der Waals surface area (Å²) in [7, 11) is 0. The Hall–Kier alpha value is -2.94. The summed E-state index contributed by atoms with van der Waals surface area (Å²) in [6.45, 7) is 4.22. The van der Waals surface area contributed by atoms with E-state index in [9.17, 15) is 0 Å². The predicted molar refractivity (Wildman–Crippen MR) is 112 cm³/mol. The molecule has 3 heteroatoms. The quantitative estimate of drug-likeness (QED) is 0.596. The molecule has 0 aliphatic rings. The number of nitrogens with two attached hydrogens (primary N) is 3. The fourth-order valence-corrected chi connectivity index (χ4v) is 3.36. The lowest BCUT2D eigenvalue weighted by Gasteiger charge is -2.13. The summed E-state index contributed by atoms with van der Waals surface area (Å²) in [6, 6.07) is 18.7. The molecule has 0 heterocycles. The summed E-state index contributed by atoms with van der Waals surface area (Å²) >= 11 is 0. The highest BCUT2D eigenvalue weighted by atomic mass is 14.6. The second-order valence-electron chi connectivity index (χ2n) is 6.97. The highest BCUT2D eigenvalue weighted by Gasteiger charge is 2.07. The topological polar surface area (TPSA) is 78.1 Å². The van der Waals surface area contributed by atoms with Gasteiger partial charge in [0.1, 0.15) is 0 Å². The first-order valence-electron chi connectivity index (χ1n) is 9.06. The van der Waals surface area contributed by atoms with Crippen LogP contribution in [0.1, 0.15) is 40.3 Å². The molecule has 0 atom stereocenters. The highest BCUT2D eigenvalue weighted by Crippen LogP contribution is 2.24. The Kier molecular flexibility index (Phi) is 5.17. The molecule has 6 N–H and O–H groups in total. The molecule has 0 radical (unpaired) electrons. The largest absolute Gasteiger partial charge is 0.399 e. The third kappa shape index (κ3) is 3.99. The normalized spacial score (nSPS) is 10.8. The van der Waals surface area contributed by atoms with Gasteiger partial charge in [0.25, 0.3) is 0 Å². The zero-order chi connectivity index (χ0) is 18.7. The maximum absolute atomic E-state index is 6.21. The summed E-state index contributed by atoms with van der Waals surface area (Å²) < 4.78 is 0. The van der Waals surface area contributed by atoms with Crippen molar-refractivity contribution in [3.63, 3.8) is 0 Å². The smallest absolute Gasteiger partial charge is 0.0376 e. The number of benzene rings is 3. The lowest BCUT2D eigenvalue weighted by molar-refractivity contribution is 1.09. The molecule has 0 spiro atoms. The standard InChI is InChI=1S/C23H27N3/c1-3-19-14-18(10-15(2)23(19)26)11-17-6-9-22(25)20(13-17)12-16-4-7-21(24)8-5-16/h4-10,13-14H,3,11-12,24-26H2,1-2H3. The first-order chi connectivity index (χ1) is 12.5. The summed E-state index contributed by atoms with van der Waals surface area (Å²) in [6.07, 6.45) is 2.63. The van der Waals surface area contributed by atoms with Crippen LogP contribution >= 0.6 is 0 Å². The van der Waals surface area contributed by atoms with E-state index >= 15 is 0 Å². The monoisotopic (exact) mass is 345 g/mol. The molecule has 3 aromatic rings. The van der Waals surface area contributed by atoms with Gasteiger partial charge in [-0.3, -0.25) is 0 Å². The van der Waals surface area contributed by atoms with Crippen LogP contribution in [0.5, 0.6) is 0 Å². The van der Waals surface area contributed by atoms with Crippen molar-refractivity contribution in [1.29, 1.82) is 0 Å². The number of aryl methyl sites for hydroxylation is 2. The van der Waals surface area contributed by atoms with Crippen molar-refractivity contribution in [3.05, 3.63) is 88.0 Å². The minimum Gasteiger partial charge on any atom is -0.399 e. The molecule has 0 aliphatic heterocycles. The van der Waals surface area contributed by atoms with Crippen LogP contribution < -0.4 is 17.2 Å². The maximum atomic E-state index is 6.21. The van der Waals surface area contributed by atoms with Gasteiger partial charge in [0.2, 0.25) is 0 Å². The SMILES string of the molecule is CCc1cc(Cc2ccc(N)c(Cc3ccc(N)cc3)c2)cc(C)c1N. The minimum atomic E-state index is 0.779. The van der Waals surface area contributed by atoms with E-state index in [4.69, 9.17) is 17.2 Å². The van der Waals surface area contributed by atoms with Crippen molar-refractivity contribution in [2.45, 2.75) is 33.1 Å². The molecule has 26 heavy (non-hydrogen) atoms. The van der Waals surface area contributed by atoms with Gasteiger partial charge in [-0.05, 0) is 77.8 Å². The molecule has 0 amide bonds. The molecule has 0 aromatic heterocycles. The molecule has 3 nitrogen and oxygen atoms in total. The van der Waals surface area contributed by atoms with E-state index in [2.05, 4.69) is 50.2 Å². The van der Waals surface area contributed by atoms with E-state index in [0.717, 1.165) is 47.5 Å². The summed E-state index contributed by atoms with van der Waals surface area (Å²) in [5.41, 5.74) is 27.9. The molecule has 0 bridgehead atoms. The zero-order valence-electron chi connectivity index (χ0n) is 15.5. The van der Waals surface area contributed by atoms with Gasteiger partial charge in [0, 0.05) is 17.1 Å². The van der Waals surface area contributed by atoms with E-state index in [1.165, 1.54) is 22.3 Å². The number of hydrogen-bond acceptors (Lipinski definition) is 3. The number of nitrogen functional groups attached to an aromatic ring is 3. The molecule has 0 saturated carbocycles. The average molecular weight is 345 g/mol. The first kappa shape index (κ1) is 17.9. The Bertz CT molecular complexity index is 911. The number of rotatable bonds is 5. The van der Waals surface area contributed by atoms with E-state index in [-0.39, 0.29) is 0 Å². The molecular formula is C23H27N3. The molecule has 0 fully saturated rings. The van der Waals surface area contributed by atoms with Crippen LogP contribution in [0.15, 0.2) is 54.6 Å². The van der Waals surface area contributed by atoms with Gasteiger partial charge in [-0.25, -0.2) is 0 Å². The molecule has 0 aliphatic carbocycles. The van der Waals surface area contributed by atoms with Gasteiger partial charge in [0.05, 0.1) is 0 Å². The molecule has 3 aromatic carbocycles. The third-order valence-corrected chi connectivity index (χ3v) is 4.90. The zero-order valence-corrected chi connectivity index (χ0v) is 15.5. The first-order valence-corrected chi connectivity index (χ1v) is 9.06. The fourth-order valence-electron chi connectivity index (χ4n) is 3.36. The lowest BCUT2D eigenvalue weighted by atomic mass is 9.95. The Labute approximate surface area is 155 Å². The van der Waals surface area contributed by atoms with Crippen LogP contribution in [0, 0.1) is 6.92 Å². The Morgan fingerprint density at radius 3 is 2.04 bits per heavy atom. The lowest BCUT2D eigenvalue weighted by Crippen LogP contribution is -2.01. The number of anilines is 3. The highest BCUT2D eigenvalue weighted by molar-refractivity contribution is 5.56. The van der Waals surface area contributed by atoms with Gasteiger partial charge >= 0.3 is 0 Å². The van der Waals surface area contributed by atoms with Crippen molar-refractivity contribution in [2.75, 3.05) is 17.2 Å². The Balaban J connectivity index is 1.85. The van der Waals surface area contributed by atoms with Crippen LogP contribution in [0.2, 0.25) is 0 Å². The van der Waals surface area contributed by atoms with Crippen molar-refractivity contribution in [1.82, 2.24) is 0 Å². The Morgan fingerprint density at radius 2 is 1.35 bits per heavy atom. The van der Waals surface area contributed by atoms with Gasteiger partial charge in [0.15, 0.2) is 0 Å². The second-order valence-corrected chi connectivity index (χ2v) is 6.97. The van der Waals surface area contributed by atoms with E-state index in [1.54, 1.807) is 0 Å². The van der Waals surface area contributed by atoms with Crippen molar-refractivity contribution < 1.29 is 0 Å². The van der Waals surface area contributed by atoms with E-state index in [0.29, 0.717) is 0 Å². The van der Waals surface area contributed by atoms with E-state index in [1.807, 2.05) is 18.2 Å². The average Bonchev–Trinajstić information content (AvgIpc) is 2.62. The van der Waals surface area contributed by atoms with Gasteiger partial charge in [-0.1, -0.05) is 43.3 Å². The molecule has 0 unspecified atom stereocenters. The summed E-state index contributed by atoms with van der Waals surface area (Å²) in [5.74, 6) is 0. The molecule has 3 rings (SSSR count). The van der Waals surface area contributed by atoms with E-state index < -0.39 is 0 Å². The van der Waals surface area contributed by atoms with Gasteiger partial charge in [-0.15, -0.1) is 0 Å². The maximum Gasteiger partial charge on any atom is 0.0376 e. The van der Waals surface area contributed by atoms with Gasteiger partial charge in [-0.2, -0.15) is 0 Å². The van der Waals surface area contributed by atoms with Crippen LogP contribution in [0.4, 0.5) is 17.1 Å². The van der Waals surface area contributed by atoms with Crippen LogP contribution in [0.25, 0.3) is 0 Å². The Morgan fingerprint density at radius 1 is 0.692 bits per heavy atom. The molecular weight excluding hydrogens is 318 g/mol. The van der Waals surface area contributed by atoms with Crippen molar-refractivity contribution in [2.24, 2.45) is 0 Å². The second kappa shape index (κ2) is 7.52. The van der Waals surface area contributed by atoms with Crippen molar-refractivity contribution in [3.8, 4) is 0 Å². The molecule has 134 valence electrons. The number of hydrogen-bond donors (Lipinski definition) is 3.